The van der Waals surface area contributed by atoms with E-state index in [4.69, 9.17) is 0 Å². The molecule has 6 nitrogen and oxygen atoms in total. The number of halogens is 3. The molecule has 1 aliphatic carbocycles. The Morgan fingerprint density at radius 1 is 1.25 bits per heavy atom. The number of amides is 1. The van der Waals surface area contributed by atoms with E-state index in [2.05, 4.69) is 36.4 Å². The van der Waals surface area contributed by atoms with Gasteiger partial charge in [-0.15, -0.1) is 16.4 Å². The number of nitrogens with zero attached hydrogens (tertiary/aromatic N) is 3. The SMILES string of the molecule is CC(C)(C)[C@@H]1CCc2c(sc3nnn(CC(=O)Nc4ccccc4C(F)(F)F)c(=O)c23)C1. The molecule has 0 aliphatic heterocycles. The Balaban J connectivity index is 1.60. The minimum Gasteiger partial charge on any atom is -0.324 e. The maximum Gasteiger partial charge on any atom is 0.418 e. The van der Waals surface area contributed by atoms with Gasteiger partial charge in [0.25, 0.3) is 5.56 Å². The van der Waals surface area contributed by atoms with E-state index in [0.29, 0.717) is 16.1 Å². The predicted octanol–water partition coefficient (Wildman–Crippen LogP) is 4.66. The number of rotatable bonds is 3. The second-order valence-electron chi connectivity index (χ2n) is 9.13. The van der Waals surface area contributed by atoms with Gasteiger partial charge in [0.2, 0.25) is 5.91 Å². The van der Waals surface area contributed by atoms with Crippen molar-refractivity contribution in [1.82, 2.24) is 15.0 Å². The Kier molecular flexibility index (Phi) is 5.60. The number of para-hydroxylation sites is 1. The molecule has 2 heterocycles. The standard InChI is InChI=1S/C22H23F3N4O2S/c1-21(2,3)12-8-9-13-16(10-12)32-19-18(13)20(31)29(28-27-19)11-17(30)26-15-7-5-4-6-14(15)22(23,24)25/h4-7,12H,8-11H2,1-3H3,(H,26,30)/t12-/m1/s1. The molecule has 0 fully saturated rings. The summed E-state index contributed by atoms with van der Waals surface area (Å²) < 4.78 is 40.4. The van der Waals surface area contributed by atoms with Crippen molar-refractivity contribution in [3.05, 3.63) is 50.6 Å². The van der Waals surface area contributed by atoms with E-state index >= 15 is 0 Å². The first-order valence-corrected chi connectivity index (χ1v) is 11.1. The van der Waals surface area contributed by atoms with Gasteiger partial charge in [-0.3, -0.25) is 9.59 Å². The molecule has 0 unspecified atom stereocenters. The van der Waals surface area contributed by atoms with Crippen LogP contribution in [0.15, 0.2) is 29.1 Å². The molecule has 0 bridgehead atoms. The molecule has 3 aromatic rings. The number of anilines is 1. The first kappa shape index (κ1) is 22.4. The van der Waals surface area contributed by atoms with E-state index in [1.807, 2.05) is 0 Å². The molecule has 1 atom stereocenters. The summed E-state index contributed by atoms with van der Waals surface area (Å²) in [5.74, 6) is -0.285. The van der Waals surface area contributed by atoms with Crippen LogP contribution in [0.5, 0.6) is 0 Å². The Bertz CT molecular complexity index is 1240. The lowest BCUT2D eigenvalue weighted by atomic mass is 9.72. The highest BCUT2D eigenvalue weighted by Gasteiger charge is 2.34. The molecule has 170 valence electrons. The summed E-state index contributed by atoms with van der Waals surface area (Å²) in [6.07, 6.45) is -2.03. The van der Waals surface area contributed by atoms with Gasteiger partial charge in [0.1, 0.15) is 6.54 Å². The van der Waals surface area contributed by atoms with Gasteiger partial charge >= 0.3 is 6.18 Å². The highest BCUT2D eigenvalue weighted by molar-refractivity contribution is 7.18. The average Bonchev–Trinajstić information content (AvgIpc) is 3.07. The minimum atomic E-state index is -4.61. The summed E-state index contributed by atoms with van der Waals surface area (Å²) in [5.41, 5.74) is -0.649. The van der Waals surface area contributed by atoms with Crippen molar-refractivity contribution in [2.24, 2.45) is 11.3 Å². The molecule has 32 heavy (non-hydrogen) atoms. The fourth-order valence-electron chi connectivity index (χ4n) is 4.13. The van der Waals surface area contributed by atoms with E-state index < -0.39 is 29.8 Å². The number of thiophene rings is 1. The topological polar surface area (TPSA) is 76.9 Å². The number of hydrogen-bond donors (Lipinski definition) is 1. The van der Waals surface area contributed by atoms with Gasteiger partial charge in [-0.05, 0) is 48.3 Å². The maximum atomic E-state index is 13.2. The number of aryl methyl sites for hydroxylation is 1. The normalized spacial score (nSPS) is 16.8. The van der Waals surface area contributed by atoms with Crippen LogP contribution in [0.4, 0.5) is 18.9 Å². The smallest absolute Gasteiger partial charge is 0.324 e. The predicted molar refractivity (Wildman–Crippen MR) is 117 cm³/mol. The van der Waals surface area contributed by atoms with E-state index in [9.17, 15) is 22.8 Å². The van der Waals surface area contributed by atoms with Gasteiger partial charge < -0.3 is 5.32 Å². The van der Waals surface area contributed by atoms with Crippen molar-refractivity contribution >= 4 is 33.1 Å². The molecule has 2 aromatic heterocycles. The Morgan fingerprint density at radius 2 is 1.97 bits per heavy atom. The molecule has 0 spiro atoms. The van der Waals surface area contributed by atoms with Crippen LogP contribution in [-0.2, 0) is 30.4 Å². The molecule has 4 rings (SSSR count). The van der Waals surface area contributed by atoms with Gasteiger partial charge in [0.05, 0.1) is 16.6 Å². The van der Waals surface area contributed by atoms with Crippen LogP contribution < -0.4 is 10.9 Å². The lowest BCUT2D eigenvalue weighted by Crippen LogP contribution is -2.31. The van der Waals surface area contributed by atoms with Crippen molar-refractivity contribution in [1.29, 1.82) is 0 Å². The summed E-state index contributed by atoms with van der Waals surface area (Å²) in [6, 6.07) is 4.69. The van der Waals surface area contributed by atoms with Gasteiger partial charge in [0, 0.05) is 4.88 Å². The summed E-state index contributed by atoms with van der Waals surface area (Å²) in [4.78, 5) is 27.1. The number of carbonyl (C=O) groups excluding carboxylic acids is 1. The number of fused-ring (bicyclic) bond motifs is 3. The highest BCUT2D eigenvalue weighted by atomic mass is 32.1. The molecule has 1 aliphatic rings. The average molecular weight is 465 g/mol. The van der Waals surface area contributed by atoms with E-state index in [1.54, 1.807) is 0 Å². The number of alkyl halides is 3. The summed E-state index contributed by atoms with van der Waals surface area (Å²) in [5, 5.41) is 10.7. The monoisotopic (exact) mass is 464 g/mol. The lowest BCUT2D eigenvalue weighted by Gasteiger charge is -2.33. The Morgan fingerprint density at radius 3 is 2.66 bits per heavy atom. The van der Waals surface area contributed by atoms with Gasteiger partial charge in [-0.1, -0.05) is 38.1 Å². The van der Waals surface area contributed by atoms with Crippen molar-refractivity contribution in [2.75, 3.05) is 5.32 Å². The van der Waals surface area contributed by atoms with Crippen molar-refractivity contribution in [3.8, 4) is 0 Å². The molecule has 0 saturated heterocycles. The lowest BCUT2D eigenvalue weighted by molar-refractivity contribution is -0.137. The molecule has 10 heteroatoms. The fraction of sp³-hybridized carbons (Fsp3) is 0.455. The number of hydrogen-bond acceptors (Lipinski definition) is 5. The Labute approximate surface area is 186 Å². The largest absolute Gasteiger partial charge is 0.418 e. The number of carbonyl (C=O) groups is 1. The van der Waals surface area contributed by atoms with Crippen LogP contribution >= 0.6 is 11.3 Å². The summed E-state index contributed by atoms with van der Waals surface area (Å²) >= 11 is 1.46. The van der Waals surface area contributed by atoms with Crippen molar-refractivity contribution in [2.45, 2.75) is 52.8 Å². The third kappa shape index (κ3) is 4.28. The molecule has 0 saturated carbocycles. The number of aromatic nitrogens is 3. The third-order valence-electron chi connectivity index (χ3n) is 5.96. The molecule has 1 amide bonds. The molecular weight excluding hydrogens is 441 g/mol. The van der Waals surface area contributed by atoms with Crippen LogP contribution in [0, 0.1) is 11.3 Å². The molecule has 1 N–H and O–H groups in total. The van der Waals surface area contributed by atoms with Gasteiger partial charge in [0.15, 0.2) is 4.83 Å². The van der Waals surface area contributed by atoms with E-state index in [0.717, 1.165) is 40.5 Å². The Hall–Kier alpha value is -2.75. The fourth-order valence-corrected chi connectivity index (χ4v) is 5.37. The zero-order valence-corrected chi connectivity index (χ0v) is 18.7. The van der Waals surface area contributed by atoms with Crippen molar-refractivity contribution in [3.63, 3.8) is 0 Å². The number of nitrogens with one attached hydrogen (secondary N) is 1. The first-order valence-electron chi connectivity index (χ1n) is 10.3. The van der Waals surface area contributed by atoms with Gasteiger partial charge in [-0.25, -0.2) is 4.68 Å². The zero-order chi connectivity index (χ0) is 23.3. The quantitative estimate of drug-likeness (QED) is 0.612. The van der Waals surface area contributed by atoms with Crippen LogP contribution in [0.3, 0.4) is 0 Å². The second-order valence-corrected chi connectivity index (χ2v) is 10.2. The van der Waals surface area contributed by atoms with Crippen LogP contribution in [0.2, 0.25) is 0 Å². The van der Waals surface area contributed by atoms with E-state index in [1.165, 1.54) is 29.5 Å². The molecule has 0 radical (unpaired) electrons. The molecular formula is C22H23F3N4O2S. The maximum absolute atomic E-state index is 13.2. The van der Waals surface area contributed by atoms with Crippen LogP contribution in [-0.4, -0.2) is 20.9 Å². The first-order chi connectivity index (χ1) is 14.9. The summed E-state index contributed by atoms with van der Waals surface area (Å²) in [6.45, 7) is 6.10. The minimum absolute atomic E-state index is 0.157. The second kappa shape index (κ2) is 7.99. The third-order valence-corrected chi connectivity index (χ3v) is 7.10. The zero-order valence-electron chi connectivity index (χ0n) is 17.9. The number of benzene rings is 1. The van der Waals surface area contributed by atoms with Crippen LogP contribution in [0.25, 0.3) is 10.2 Å². The van der Waals surface area contributed by atoms with Crippen LogP contribution in [0.1, 0.15) is 43.2 Å². The van der Waals surface area contributed by atoms with E-state index in [-0.39, 0.29) is 11.1 Å². The highest BCUT2D eigenvalue weighted by Crippen LogP contribution is 2.41. The van der Waals surface area contributed by atoms with Gasteiger partial charge in [-0.2, -0.15) is 13.2 Å². The molecule has 1 aromatic carbocycles. The summed E-state index contributed by atoms with van der Waals surface area (Å²) in [7, 11) is 0. The van der Waals surface area contributed by atoms with Crippen molar-refractivity contribution < 1.29 is 18.0 Å².